The Morgan fingerprint density at radius 1 is 1.10 bits per heavy atom. The van der Waals surface area contributed by atoms with E-state index in [1.54, 1.807) is 7.11 Å². The maximum absolute atomic E-state index is 12.0. The zero-order chi connectivity index (χ0) is 21.0. The fourth-order valence-corrected chi connectivity index (χ4v) is 4.40. The first-order valence-electron chi connectivity index (χ1n) is 10.3. The van der Waals surface area contributed by atoms with Gasteiger partial charge in [-0.1, -0.05) is 41.8 Å². The van der Waals surface area contributed by atoms with Crippen LogP contribution in [0.15, 0.2) is 36.4 Å². The van der Waals surface area contributed by atoms with E-state index >= 15 is 0 Å². The van der Waals surface area contributed by atoms with Crippen LogP contribution in [-0.4, -0.2) is 42.3 Å². The second kappa shape index (κ2) is 9.31. The van der Waals surface area contributed by atoms with Crippen molar-refractivity contribution in [3.05, 3.63) is 58.7 Å². The van der Waals surface area contributed by atoms with Crippen molar-refractivity contribution < 1.29 is 19.4 Å². The molecule has 3 rings (SSSR count). The minimum Gasteiger partial charge on any atom is -0.493 e. The Morgan fingerprint density at radius 2 is 1.83 bits per heavy atom. The topological polar surface area (TPSA) is 59.0 Å². The third-order valence-electron chi connectivity index (χ3n) is 5.52. The van der Waals surface area contributed by atoms with E-state index in [2.05, 4.69) is 36.9 Å². The minimum atomic E-state index is -0.753. The highest BCUT2D eigenvalue weighted by molar-refractivity contribution is 5.73. The van der Waals surface area contributed by atoms with Gasteiger partial charge < -0.3 is 14.6 Å². The van der Waals surface area contributed by atoms with Gasteiger partial charge in [-0.15, -0.1) is 0 Å². The van der Waals surface area contributed by atoms with E-state index < -0.39 is 12.0 Å². The molecule has 0 aromatic heterocycles. The molecule has 1 saturated heterocycles. The molecule has 1 fully saturated rings. The van der Waals surface area contributed by atoms with Gasteiger partial charge in [-0.05, 0) is 63.4 Å². The quantitative estimate of drug-likeness (QED) is 0.731. The van der Waals surface area contributed by atoms with E-state index in [9.17, 15) is 9.90 Å². The lowest BCUT2D eigenvalue weighted by molar-refractivity contribution is -0.145. The molecule has 5 nitrogen and oxygen atoms in total. The van der Waals surface area contributed by atoms with Crippen LogP contribution in [0.25, 0.3) is 0 Å². The summed E-state index contributed by atoms with van der Waals surface area (Å²) < 4.78 is 11.3. The van der Waals surface area contributed by atoms with Crippen LogP contribution in [0.3, 0.4) is 0 Å². The molecule has 2 atom stereocenters. The zero-order valence-electron chi connectivity index (χ0n) is 17.8. The maximum Gasteiger partial charge on any atom is 0.320 e. The number of aliphatic carboxylic acids is 1. The SMILES string of the molecule is CCOc1ccc(C(c2cc(C)cc(C)c2)N2CCCCC2C(=O)O)cc1OC. The lowest BCUT2D eigenvalue weighted by Gasteiger charge is -2.40. The van der Waals surface area contributed by atoms with Crippen LogP contribution >= 0.6 is 0 Å². The van der Waals surface area contributed by atoms with E-state index in [0.29, 0.717) is 24.5 Å². The maximum atomic E-state index is 12.0. The normalized spacial score (nSPS) is 18.3. The molecule has 1 heterocycles. The molecule has 1 aliphatic rings. The minimum absolute atomic E-state index is 0.153. The third kappa shape index (κ3) is 4.73. The Morgan fingerprint density at radius 3 is 2.45 bits per heavy atom. The van der Waals surface area contributed by atoms with E-state index in [1.165, 1.54) is 11.1 Å². The van der Waals surface area contributed by atoms with Gasteiger partial charge in [0.15, 0.2) is 11.5 Å². The van der Waals surface area contributed by atoms with Gasteiger partial charge in [-0.3, -0.25) is 9.69 Å². The Kier molecular flexibility index (Phi) is 6.80. The van der Waals surface area contributed by atoms with Crippen LogP contribution in [0.1, 0.15) is 54.5 Å². The molecular formula is C24H31NO4. The molecule has 2 aromatic rings. The van der Waals surface area contributed by atoms with Crippen molar-refractivity contribution in [3.63, 3.8) is 0 Å². The number of carboxylic acid groups (broad SMARTS) is 1. The average molecular weight is 398 g/mol. The number of methoxy groups -OCH3 is 1. The molecular weight excluding hydrogens is 366 g/mol. The zero-order valence-corrected chi connectivity index (χ0v) is 17.8. The second-order valence-electron chi connectivity index (χ2n) is 7.75. The highest BCUT2D eigenvalue weighted by Crippen LogP contribution is 2.38. The molecule has 156 valence electrons. The van der Waals surface area contributed by atoms with Gasteiger partial charge in [0, 0.05) is 0 Å². The van der Waals surface area contributed by atoms with Gasteiger partial charge in [-0.2, -0.15) is 0 Å². The van der Waals surface area contributed by atoms with Gasteiger partial charge in [0.2, 0.25) is 0 Å². The molecule has 29 heavy (non-hydrogen) atoms. The number of rotatable bonds is 7. The van der Waals surface area contributed by atoms with Crippen LogP contribution in [-0.2, 0) is 4.79 Å². The number of benzene rings is 2. The van der Waals surface area contributed by atoms with Crippen LogP contribution in [0.4, 0.5) is 0 Å². The van der Waals surface area contributed by atoms with Crippen molar-refractivity contribution in [2.24, 2.45) is 0 Å². The molecule has 0 radical (unpaired) electrons. The fraction of sp³-hybridized carbons (Fsp3) is 0.458. The first-order chi connectivity index (χ1) is 13.9. The molecule has 0 spiro atoms. The van der Waals surface area contributed by atoms with Gasteiger partial charge in [-0.25, -0.2) is 0 Å². The van der Waals surface area contributed by atoms with Crippen LogP contribution < -0.4 is 9.47 Å². The summed E-state index contributed by atoms with van der Waals surface area (Å²) in [6.07, 6.45) is 2.61. The summed E-state index contributed by atoms with van der Waals surface area (Å²) in [4.78, 5) is 14.2. The molecule has 0 aliphatic carbocycles. The summed E-state index contributed by atoms with van der Waals surface area (Å²) in [5, 5.41) is 9.89. The molecule has 1 N–H and O–H groups in total. The molecule has 2 aromatic carbocycles. The fourth-order valence-electron chi connectivity index (χ4n) is 4.40. The first-order valence-corrected chi connectivity index (χ1v) is 10.3. The van der Waals surface area contributed by atoms with Gasteiger partial charge >= 0.3 is 5.97 Å². The van der Waals surface area contributed by atoms with Crippen LogP contribution in [0.2, 0.25) is 0 Å². The number of aryl methyl sites for hydroxylation is 2. The average Bonchev–Trinajstić information content (AvgIpc) is 2.69. The van der Waals surface area contributed by atoms with Crippen molar-refractivity contribution in [1.82, 2.24) is 4.90 Å². The standard InChI is InChI=1S/C24H31NO4/c1-5-29-21-10-9-18(15-22(21)28-4)23(19-13-16(2)12-17(3)14-19)25-11-7-6-8-20(25)24(26)27/h9-10,12-15,20,23H,5-8,11H2,1-4H3,(H,26,27). The summed E-state index contributed by atoms with van der Waals surface area (Å²) in [5.74, 6) is 0.617. The van der Waals surface area contributed by atoms with E-state index in [4.69, 9.17) is 9.47 Å². The van der Waals surface area contributed by atoms with Crippen molar-refractivity contribution in [3.8, 4) is 11.5 Å². The summed E-state index contributed by atoms with van der Waals surface area (Å²) in [6.45, 7) is 7.42. The summed E-state index contributed by atoms with van der Waals surface area (Å²) in [6, 6.07) is 11.8. The Bertz CT molecular complexity index is 844. The van der Waals surface area contributed by atoms with Gasteiger partial charge in [0.05, 0.1) is 19.8 Å². The monoisotopic (exact) mass is 397 g/mol. The molecule has 0 saturated carbocycles. The van der Waals surface area contributed by atoms with Crippen molar-refractivity contribution in [2.45, 2.75) is 52.1 Å². The highest BCUT2D eigenvalue weighted by Gasteiger charge is 2.35. The third-order valence-corrected chi connectivity index (χ3v) is 5.52. The molecule has 0 bridgehead atoms. The lowest BCUT2D eigenvalue weighted by atomic mass is 9.90. The number of likely N-dealkylation sites (tertiary alicyclic amines) is 1. The Labute approximate surface area is 173 Å². The van der Waals surface area contributed by atoms with Crippen molar-refractivity contribution in [2.75, 3.05) is 20.3 Å². The molecule has 2 unspecified atom stereocenters. The number of carbonyl (C=O) groups is 1. The highest BCUT2D eigenvalue weighted by atomic mass is 16.5. The van der Waals surface area contributed by atoms with E-state index in [1.807, 2.05) is 25.1 Å². The summed E-state index contributed by atoms with van der Waals surface area (Å²) in [7, 11) is 1.63. The summed E-state index contributed by atoms with van der Waals surface area (Å²) in [5.41, 5.74) is 4.48. The predicted octanol–water partition coefficient (Wildman–Crippen LogP) is 4.74. The molecule has 0 amide bonds. The van der Waals surface area contributed by atoms with Gasteiger partial charge in [0.1, 0.15) is 6.04 Å². The van der Waals surface area contributed by atoms with Crippen molar-refractivity contribution >= 4 is 5.97 Å². The smallest absolute Gasteiger partial charge is 0.320 e. The lowest BCUT2D eigenvalue weighted by Crippen LogP contribution is -2.46. The number of hydrogen-bond donors (Lipinski definition) is 1. The summed E-state index contributed by atoms with van der Waals surface area (Å²) >= 11 is 0. The van der Waals surface area contributed by atoms with Crippen LogP contribution in [0, 0.1) is 13.8 Å². The Balaban J connectivity index is 2.13. The number of piperidine rings is 1. The van der Waals surface area contributed by atoms with E-state index in [0.717, 1.165) is 30.5 Å². The number of hydrogen-bond acceptors (Lipinski definition) is 4. The number of nitrogens with zero attached hydrogens (tertiary/aromatic N) is 1. The first kappa shape index (κ1) is 21.2. The Hall–Kier alpha value is -2.53. The number of ether oxygens (including phenoxy) is 2. The van der Waals surface area contributed by atoms with Crippen LogP contribution in [0.5, 0.6) is 11.5 Å². The largest absolute Gasteiger partial charge is 0.493 e. The number of carboxylic acids is 1. The van der Waals surface area contributed by atoms with Crippen molar-refractivity contribution in [1.29, 1.82) is 0 Å². The molecule has 5 heteroatoms. The van der Waals surface area contributed by atoms with E-state index in [-0.39, 0.29) is 6.04 Å². The van der Waals surface area contributed by atoms with Gasteiger partial charge in [0.25, 0.3) is 0 Å². The molecule has 1 aliphatic heterocycles. The second-order valence-corrected chi connectivity index (χ2v) is 7.75. The predicted molar refractivity (Wildman–Crippen MR) is 114 cm³/mol.